The predicted octanol–water partition coefficient (Wildman–Crippen LogP) is 1.01. The number of nitrogens with one attached hydrogen (secondary N) is 1. The summed E-state index contributed by atoms with van der Waals surface area (Å²) in [5.74, 6) is -0.578. The molecule has 23 heavy (non-hydrogen) atoms. The molecule has 11 heteroatoms. The van der Waals surface area contributed by atoms with Crippen molar-refractivity contribution in [1.29, 1.82) is 0 Å². The van der Waals surface area contributed by atoms with Gasteiger partial charge in [0.15, 0.2) is 0 Å². The maximum atomic E-state index is 12.1. The first-order chi connectivity index (χ1) is 11.0. The molecule has 3 aromatic rings. The van der Waals surface area contributed by atoms with Crippen molar-refractivity contribution >= 4 is 33.0 Å². The van der Waals surface area contributed by atoms with Crippen LogP contribution in [0.1, 0.15) is 16.1 Å². The molecule has 0 unspecified atom stereocenters. The molecule has 1 N–H and O–H groups in total. The Bertz CT molecular complexity index is 995. The maximum absolute atomic E-state index is 12.1. The van der Waals surface area contributed by atoms with Crippen LogP contribution in [0.15, 0.2) is 29.1 Å². The summed E-state index contributed by atoms with van der Waals surface area (Å²) in [6.07, 6.45) is 0. The second-order valence-corrected chi connectivity index (χ2v) is 5.41. The van der Waals surface area contributed by atoms with Crippen LogP contribution in [0.4, 0.5) is 10.8 Å². The lowest BCUT2D eigenvalue weighted by Gasteiger charge is -2.00. The molecule has 10 nitrogen and oxygen atoms in total. The minimum Gasteiger partial charge on any atom is -0.296 e. The minimum absolute atomic E-state index is 0.105. The van der Waals surface area contributed by atoms with Crippen molar-refractivity contribution in [2.24, 2.45) is 0 Å². The van der Waals surface area contributed by atoms with Crippen molar-refractivity contribution < 1.29 is 9.72 Å². The zero-order valence-electron chi connectivity index (χ0n) is 11.6. The van der Waals surface area contributed by atoms with E-state index in [0.29, 0.717) is 0 Å². The van der Waals surface area contributed by atoms with Crippen molar-refractivity contribution in [1.82, 2.24) is 19.8 Å². The summed E-state index contributed by atoms with van der Waals surface area (Å²) in [6, 6.07) is 5.28. The second kappa shape index (κ2) is 5.53. The molecule has 0 spiro atoms. The highest BCUT2D eigenvalue weighted by Crippen LogP contribution is 2.18. The van der Waals surface area contributed by atoms with E-state index in [0.717, 1.165) is 21.9 Å². The fourth-order valence-corrected chi connectivity index (χ4v) is 2.50. The number of nitro groups is 1. The maximum Gasteiger partial charge on any atom is 0.296 e. The molecule has 0 atom stereocenters. The van der Waals surface area contributed by atoms with E-state index in [9.17, 15) is 19.7 Å². The number of fused-ring (bicyclic) bond motifs is 1. The lowest BCUT2D eigenvalue weighted by atomic mass is 10.2. The van der Waals surface area contributed by atoms with Crippen molar-refractivity contribution in [3.63, 3.8) is 0 Å². The zero-order valence-corrected chi connectivity index (χ0v) is 12.4. The van der Waals surface area contributed by atoms with E-state index in [-0.39, 0.29) is 27.0 Å². The Kier molecular flexibility index (Phi) is 3.54. The van der Waals surface area contributed by atoms with Gasteiger partial charge in [-0.05, 0) is 13.0 Å². The Hall–Kier alpha value is -3.21. The lowest BCUT2D eigenvalue weighted by molar-refractivity contribution is -0.384. The first-order valence-electron chi connectivity index (χ1n) is 6.24. The van der Waals surface area contributed by atoms with E-state index in [1.807, 2.05) is 0 Å². The van der Waals surface area contributed by atoms with Crippen molar-refractivity contribution in [2.75, 3.05) is 5.32 Å². The number of nitro benzene ring substituents is 1. The first kappa shape index (κ1) is 14.7. The molecule has 2 heterocycles. The van der Waals surface area contributed by atoms with Gasteiger partial charge in [-0.15, -0.1) is 15.3 Å². The summed E-state index contributed by atoms with van der Waals surface area (Å²) >= 11 is 0.966. The van der Waals surface area contributed by atoms with Gasteiger partial charge in [-0.2, -0.15) is 4.52 Å². The Morgan fingerprint density at radius 3 is 2.91 bits per heavy atom. The van der Waals surface area contributed by atoms with Gasteiger partial charge in [-0.25, -0.2) is 0 Å². The summed E-state index contributed by atoms with van der Waals surface area (Å²) in [7, 11) is 0. The van der Waals surface area contributed by atoms with Crippen LogP contribution in [0.3, 0.4) is 0 Å². The normalized spacial score (nSPS) is 10.7. The highest BCUT2D eigenvalue weighted by molar-refractivity contribution is 7.20. The van der Waals surface area contributed by atoms with Crippen LogP contribution in [0, 0.1) is 17.0 Å². The topological polar surface area (TPSA) is 132 Å². The number of anilines is 1. The van der Waals surface area contributed by atoms with Gasteiger partial charge in [0.25, 0.3) is 17.2 Å². The Morgan fingerprint density at radius 2 is 2.17 bits per heavy atom. The summed E-state index contributed by atoms with van der Waals surface area (Å²) in [4.78, 5) is 34.3. The fraction of sp³-hybridized carbons (Fsp3) is 0.0833. The van der Waals surface area contributed by atoms with Crippen molar-refractivity contribution in [3.05, 3.63) is 56.0 Å². The molecule has 0 bridgehead atoms. The molecular formula is C12H8N6O4S. The smallest absolute Gasteiger partial charge is 0.296 e. The molecule has 0 fully saturated rings. The van der Waals surface area contributed by atoms with Gasteiger partial charge in [0.1, 0.15) is 5.69 Å². The number of aromatic nitrogens is 4. The van der Waals surface area contributed by atoms with Crippen molar-refractivity contribution in [3.8, 4) is 0 Å². The quantitative estimate of drug-likeness (QED) is 0.559. The van der Waals surface area contributed by atoms with Crippen molar-refractivity contribution in [2.45, 2.75) is 6.92 Å². The number of carbonyl (C=O) groups excluding carboxylic acids is 1. The first-order valence-corrected chi connectivity index (χ1v) is 7.06. The average molecular weight is 332 g/mol. The molecule has 0 aliphatic carbocycles. The van der Waals surface area contributed by atoms with E-state index in [1.165, 1.54) is 25.1 Å². The van der Waals surface area contributed by atoms with Gasteiger partial charge < -0.3 is 0 Å². The van der Waals surface area contributed by atoms with Crippen LogP contribution in [-0.2, 0) is 0 Å². The van der Waals surface area contributed by atoms with E-state index in [4.69, 9.17) is 0 Å². The van der Waals surface area contributed by atoms with E-state index in [2.05, 4.69) is 20.6 Å². The number of hydrogen-bond donors (Lipinski definition) is 1. The zero-order chi connectivity index (χ0) is 16.6. The van der Waals surface area contributed by atoms with Gasteiger partial charge in [-0.3, -0.25) is 25.0 Å². The van der Waals surface area contributed by atoms with Crippen LogP contribution >= 0.6 is 11.3 Å². The van der Waals surface area contributed by atoms with E-state index >= 15 is 0 Å². The lowest BCUT2D eigenvalue weighted by Crippen LogP contribution is -2.19. The molecule has 2 aromatic heterocycles. The van der Waals surface area contributed by atoms with Crippen LogP contribution in [-0.4, -0.2) is 30.6 Å². The third-order valence-corrected chi connectivity index (χ3v) is 3.70. The minimum atomic E-state index is -0.591. The molecular weight excluding hydrogens is 324 g/mol. The largest absolute Gasteiger partial charge is 0.296 e. The summed E-state index contributed by atoms with van der Waals surface area (Å²) in [5.41, 5.74) is -0.334. The number of nitrogens with zero attached hydrogens (tertiary/aromatic N) is 5. The number of aryl methyl sites for hydroxylation is 1. The number of rotatable bonds is 3. The van der Waals surface area contributed by atoms with E-state index in [1.54, 1.807) is 0 Å². The van der Waals surface area contributed by atoms with Crippen LogP contribution in [0.25, 0.3) is 4.96 Å². The second-order valence-electron chi connectivity index (χ2n) is 4.45. The molecule has 0 saturated carbocycles. The molecule has 0 aliphatic rings. The summed E-state index contributed by atoms with van der Waals surface area (Å²) in [6.45, 7) is 1.50. The monoisotopic (exact) mass is 332 g/mol. The average Bonchev–Trinajstić information content (AvgIpc) is 2.94. The molecule has 116 valence electrons. The number of carbonyl (C=O) groups is 1. The highest BCUT2D eigenvalue weighted by atomic mass is 32.1. The molecule has 1 aromatic carbocycles. The van der Waals surface area contributed by atoms with Gasteiger partial charge in [0, 0.05) is 17.7 Å². The number of non-ortho nitro benzene ring substituents is 1. The number of amides is 1. The number of hydrogen-bond acceptors (Lipinski definition) is 8. The fourth-order valence-electron chi connectivity index (χ4n) is 1.77. The third kappa shape index (κ3) is 2.76. The van der Waals surface area contributed by atoms with E-state index < -0.39 is 16.4 Å². The molecule has 0 saturated heterocycles. The van der Waals surface area contributed by atoms with Crippen LogP contribution in [0.5, 0.6) is 0 Å². The van der Waals surface area contributed by atoms with Gasteiger partial charge in [-0.1, -0.05) is 17.4 Å². The van der Waals surface area contributed by atoms with Gasteiger partial charge >= 0.3 is 0 Å². The van der Waals surface area contributed by atoms with Crippen LogP contribution < -0.4 is 10.9 Å². The van der Waals surface area contributed by atoms with Gasteiger partial charge in [0.05, 0.1) is 4.92 Å². The molecule has 1 amide bonds. The van der Waals surface area contributed by atoms with Crippen LogP contribution in [0.2, 0.25) is 0 Å². The Morgan fingerprint density at radius 1 is 1.39 bits per heavy atom. The van der Waals surface area contributed by atoms with Gasteiger partial charge in [0.2, 0.25) is 10.1 Å². The summed E-state index contributed by atoms with van der Waals surface area (Å²) in [5, 5.41) is 24.8. The molecule has 0 aliphatic heterocycles. The molecule has 3 rings (SSSR count). The number of benzene rings is 1. The summed E-state index contributed by atoms with van der Waals surface area (Å²) < 4.78 is 1.04. The predicted molar refractivity (Wildman–Crippen MR) is 80.7 cm³/mol. The third-order valence-electron chi connectivity index (χ3n) is 2.89. The molecule has 0 radical (unpaired) electrons. The Labute approximate surface area is 131 Å². The standard InChI is InChI=1S/C12H8N6O4S/c1-6-10(20)17-12(15-14-6)23-11(16-17)13-9(19)7-3-2-4-8(5-7)18(21)22/h2-5H,1H3,(H,13,16,19). The SMILES string of the molecule is Cc1nnc2sc(NC(=O)c3cccc([N+](=O)[O-])c3)nn2c1=O. The highest BCUT2D eigenvalue weighted by Gasteiger charge is 2.15. The Balaban J connectivity index is 1.91.